The van der Waals surface area contributed by atoms with E-state index in [0.29, 0.717) is 0 Å². The summed E-state index contributed by atoms with van der Waals surface area (Å²) < 4.78 is 1.31. The maximum Gasteiger partial charge on any atom is 0.0159 e. The standard InChI is InChI=1S/C17H17IS/c1-17(2)15-9-11(7-8-19)3-5-13(15)14-6-4-12(18)10-16(14)17/h3-6,9-10,19H,7-8H2,1-2H3. The van der Waals surface area contributed by atoms with Crippen molar-refractivity contribution in [2.75, 3.05) is 5.75 Å². The summed E-state index contributed by atoms with van der Waals surface area (Å²) in [5.41, 5.74) is 7.22. The van der Waals surface area contributed by atoms with Crippen molar-refractivity contribution in [3.8, 4) is 11.1 Å². The molecule has 0 aliphatic heterocycles. The molecule has 0 amide bonds. The second kappa shape index (κ2) is 4.81. The molecule has 3 rings (SSSR count). The van der Waals surface area contributed by atoms with Gasteiger partial charge in [0.2, 0.25) is 0 Å². The SMILES string of the molecule is CC1(C)c2cc(I)ccc2-c2ccc(CCS)cc21. The second-order valence-corrected chi connectivity index (χ2v) is 7.36. The van der Waals surface area contributed by atoms with Crippen LogP contribution in [-0.4, -0.2) is 5.75 Å². The van der Waals surface area contributed by atoms with Crippen molar-refractivity contribution in [1.82, 2.24) is 0 Å². The number of halogens is 1. The Hall–Kier alpha value is -0.480. The quantitative estimate of drug-likeness (QED) is 0.546. The minimum Gasteiger partial charge on any atom is -0.179 e. The van der Waals surface area contributed by atoms with Crippen molar-refractivity contribution in [3.63, 3.8) is 0 Å². The molecule has 0 bridgehead atoms. The zero-order valence-corrected chi connectivity index (χ0v) is 14.3. The van der Waals surface area contributed by atoms with Crippen LogP contribution in [0.25, 0.3) is 11.1 Å². The van der Waals surface area contributed by atoms with Crippen LogP contribution in [0.5, 0.6) is 0 Å². The lowest BCUT2D eigenvalue weighted by molar-refractivity contribution is 0.659. The van der Waals surface area contributed by atoms with E-state index in [1.807, 2.05) is 0 Å². The number of aryl methyl sites for hydroxylation is 1. The molecule has 0 saturated carbocycles. The van der Waals surface area contributed by atoms with Crippen LogP contribution >= 0.6 is 35.2 Å². The van der Waals surface area contributed by atoms with Gasteiger partial charge in [0, 0.05) is 8.99 Å². The molecule has 1 aliphatic carbocycles. The zero-order chi connectivity index (χ0) is 13.6. The molecule has 2 heteroatoms. The Bertz CT molecular complexity index is 644. The highest BCUT2D eigenvalue weighted by atomic mass is 127. The van der Waals surface area contributed by atoms with E-state index in [-0.39, 0.29) is 5.41 Å². The first-order valence-corrected chi connectivity index (χ1v) is 8.30. The molecule has 98 valence electrons. The molecule has 0 nitrogen and oxygen atoms in total. The first-order chi connectivity index (χ1) is 9.04. The number of benzene rings is 2. The van der Waals surface area contributed by atoms with E-state index < -0.39 is 0 Å². The summed E-state index contributed by atoms with van der Waals surface area (Å²) in [4.78, 5) is 0. The van der Waals surface area contributed by atoms with Crippen LogP contribution in [0.15, 0.2) is 36.4 Å². The number of rotatable bonds is 2. The average molecular weight is 380 g/mol. The third-order valence-electron chi connectivity index (χ3n) is 4.10. The predicted octanol–water partition coefficient (Wildman–Crippen LogP) is 5.07. The van der Waals surface area contributed by atoms with E-state index in [1.165, 1.54) is 31.4 Å². The second-order valence-electron chi connectivity index (χ2n) is 5.67. The Morgan fingerprint density at radius 1 is 1.00 bits per heavy atom. The molecule has 0 radical (unpaired) electrons. The molecule has 0 heterocycles. The molecular formula is C17H17IS. The zero-order valence-electron chi connectivity index (χ0n) is 11.2. The Morgan fingerprint density at radius 2 is 1.63 bits per heavy atom. The summed E-state index contributed by atoms with van der Waals surface area (Å²) in [6.45, 7) is 4.66. The Labute approximate surface area is 134 Å². The molecule has 2 aromatic rings. The van der Waals surface area contributed by atoms with Gasteiger partial charge in [-0.05, 0) is 74.7 Å². The van der Waals surface area contributed by atoms with E-state index in [1.54, 1.807) is 0 Å². The highest BCUT2D eigenvalue weighted by Crippen LogP contribution is 2.49. The van der Waals surface area contributed by atoms with Crippen molar-refractivity contribution in [1.29, 1.82) is 0 Å². The number of fused-ring (bicyclic) bond motifs is 3. The molecule has 0 unspecified atom stereocenters. The largest absolute Gasteiger partial charge is 0.179 e. The van der Waals surface area contributed by atoms with Crippen molar-refractivity contribution < 1.29 is 0 Å². The van der Waals surface area contributed by atoms with Gasteiger partial charge in [-0.1, -0.05) is 38.1 Å². The van der Waals surface area contributed by atoms with Gasteiger partial charge in [-0.2, -0.15) is 12.6 Å². The van der Waals surface area contributed by atoms with Gasteiger partial charge < -0.3 is 0 Å². The van der Waals surface area contributed by atoms with E-state index >= 15 is 0 Å². The summed E-state index contributed by atoms with van der Waals surface area (Å²) in [5, 5.41) is 0. The fraction of sp³-hybridized carbons (Fsp3) is 0.294. The highest BCUT2D eigenvalue weighted by molar-refractivity contribution is 14.1. The molecule has 0 aromatic heterocycles. The molecule has 2 aromatic carbocycles. The van der Waals surface area contributed by atoms with Crippen LogP contribution < -0.4 is 0 Å². The van der Waals surface area contributed by atoms with Crippen molar-refractivity contribution >= 4 is 35.2 Å². The molecular weight excluding hydrogens is 363 g/mol. The van der Waals surface area contributed by atoms with Gasteiger partial charge in [0.25, 0.3) is 0 Å². The van der Waals surface area contributed by atoms with Crippen LogP contribution in [-0.2, 0) is 11.8 Å². The Balaban J connectivity index is 2.22. The van der Waals surface area contributed by atoms with Gasteiger partial charge in [0.1, 0.15) is 0 Å². The Morgan fingerprint density at radius 3 is 2.32 bits per heavy atom. The monoisotopic (exact) mass is 380 g/mol. The minimum absolute atomic E-state index is 0.110. The van der Waals surface area contributed by atoms with E-state index in [0.717, 1.165) is 12.2 Å². The minimum atomic E-state index is 0.110. The number of hydrogen-bond acceptors (Lipinski definition) is 1. The van der Waals surface area contributed by atoms with Crippen molar-refractivity contribution in [2.24, 2.45) is 0 Å². The third kappa shape index (κ3) is 2.13. The summed E-state index contributed by atoms with van der Waals surface area (Å²) in [6, 6.07) is 13.7. The molecule has 0 fully saturated rings. The first-order valence-electron chi connectivity index (χ1n) is 6.58. The van der Waals surface area contributed by atoms with Crippen molar-refractivity contribution in [2.45, 2.75) is 25.7 Å². The summed E-state index contributed by atoms with van der Waals surface area (Å²) in [6.07, 6.45) is 1.04. The number of hydrogen-bond donors (Lipinski definition) is 1. The van der Waals surface area contributed by atoms with Gasteiger partial charge in [-0.3, -0.25) is 0 Å². The molecule has 19 heavy (non-hydrogen) atoms. The van der Waals surface area contributed by atoms with Crippen molar-refractivity contribution in [3.05, 3.63) is 56.7 Å². The van der Waals surface area contributed by atoms with Gasteiger partial charge in [0.15, 0.2) is 0 Å². The maximum absolute atomic E-state index is 4.34. The average Bonchev–Trinajstić information content (AvgIpc) is 2.59. The fourth-order valence-corrected chi connectivity index (χ4v) is 3.79. The highest BCUT2D eigenvalue weighted by Gasteiger charge is 2.35. The molecule has 0 saturated heterocycles. The third-order valence-corrected chi connectivity index (χ3v) is 5.00. The lowest BCUT2D eigenvalue weighted by atomic mass is 9.82. The normalized spacial score (nSPS) is 15.2. The fourth-order valence-electron chi connectivity index (χ4n) is 3.04. The van der Waals surface area contributed by atoms with E-state index in [9.17, 15) is 0 Å². The summed E-state index contributed by atoms with van der Waals surface area (Å²) in [5.74, 6) is 0.907. The number of thiol groups is 1. The smallest absolute Gasteiger partial charge is 0.0159 e. The van der Waals surface area contributed by atoms with E-state index in [4.69, 9.17) is 0 Å². The van der Waals surface area contributed by atoms with Gasteiger partial charge in [-0.15, -0.1) is 0 Å². The van der Waals surface area contributed by atoms with E-state index in [2.05, 4.69) is 85.5 Å². The van der Waals surface area contributed by atoms with Crippen LogP contribution in [0.2, 0.25) is 0 Å². The summed E-state index contributed by atoms with van der Waals surface area (Å²) in [7, 11) is 0. The predicted molar refractivity (Wildman–Crippen MR) is 94.3 cm³/mol. The summed E-state index contributed by atoms with van der Waals surface area (Å²) >= 11 is 6.74. The maximum atomic E-state index is 4.34. The molecule has 1 aliphatic rings. The topological polar surface area (TPSA) is 0 Å². The first kappa shape index (κ1) is 13.5. The Kier molecular flexibility index (Phi) is 3.42. The lowest BCUT2D eigenvalue weighted by Gasteiger charge is -2.22. The van der Waals surface area contributed by atoms with Crippen LogP contribution in [0.3, 0.4) is 0 Å². The molecule has 0 atom stereocenters. The lowest BCUT2D eigenvalue weighted by Crippen LogP contribution is -2.15. The van der Waals surface area contributed by atoms with Gasteiger partial charge in [0.05, 0.1) is 0 Å². The van der Waals surface area contributed by atoms with Crippen LogP contribution in [0.4, 0.5) is 0 Å². The van der Waals surface area contributed by atoms with Gasteiger partial charge in [-0.25, -0.2) is 0 Å². The van der Waals surface area contributed by atoms with Gasteiger partial charge >= 0.3 is 0 Å². The van der Waals surface area contributed by atoms with Crippen LogP contribution in [0.1, 0.15) is 30.5 Å². The van der Waals surface area contributed by atoms with Crippen LogP contribution in [0, 0.1) is 3.57 Å². The molecule has 0 spiro atoms. The molecule has 0 N–H and O–H groups in total.